The molecule has 26 heavy (non-hydrogen) atoms. The molecule has 0 amide bonds. The molecule has 5 rings (SSSR count). The number of ketones is 1. The Hall–Kier alpha value is -0.450. The molecule has 0 saturated heterocycles. The van der Waals surface area contributed by atoms with E-state index in [1.165, 1.54) is 25.7 Å². The standard InChI is InChI=1S/C22H34O4/c1-20-6-5-14-13(19(20)16(24)9-15(20)17(25)11-23)8-18(26-3)22-10-12(22)4-7-21(14,22)2/h12-15,17-19,23,25H,4-11H2,1-3H3/t12?,13-,14+,15+,17-,18-,19-,20-,21-,22+/m1/s1. The topological polar surface area (TPSA) is 66.8 Å². The Morgan fingerprint density at radius 1 is 1.27 bits per heavy atom. The van der Waals surface area contributed by atoms with Gasteiger partial charge in [-0.1, -0.05) is 13.8 Å². The average molecular weight is 363 g/mol. The second-order valence-electron chi connectivity index (χ2n) is 10.7. The van der Waals surface area contributed by atoms with Crippen LogP contribution >= 0.6 is 0 Å². The van der Waals surface area contributed by atoms with Gasteiger partial charge in [-0.25, -0.2) is 0 Å². The maximum atomic E-state index is 13.1. The van der Waals surface area contributed by atoms with Crippen molar-refractivity contribution in [3.05, 3.63) is 0 Å². The molecule has 2 N–H and O–H groups in total. The summed E-state index contributed by atoms with van der Waals surface area (Å²) < 4.78 is 6.08. The fourth-order valence-corrected chi connectivity index (χ4v) is 9.12. The summed E-state index contributed by atoms with van der Waals surface area (Å²) in [5.74, 6) is 2.13. The highest BCUT2D eigenvalue weighted by molar-refractivity contribution is 5.85. The first kappa shape index (κ1) is 17.6. The van der Waals surface area contributed by atoms with Gasteiger partial charge in [0.25, 0.3) is 0 Å². The molecule has 1 spiro atoms. The zero-order valence-electron chi connectivity index (χ0n) is 16.4. The lowest BCUT2D eigenvalue weighted by Gasteiger charge is -2.60. The van der Waals surface area contributed by atoms with Crippen LogP contribution in [0.2, 0.25) is 0 Å². The molecule has 5 fully saturated rings. The number of aliphatic hydroxyl groups excluding tert-OH is 2. The Labute approximate surface area is 156 Å². The summed E-state index contributed by atoms with van der Waals surface area (Å²) in [6.07, 6.45) is 7.11. The van der Waals surface area contributed by atoms with Crippen LogP contribution in [0.4, 0.5) is 0 Å². The number of fused-ring (bicyclic) bond motifs is 4. The molecule has 0 heterocycles. The number of aliphatic hydroxyl groups is 2. The van der Waals surface area contributed by atoms with E-state index in [1.54, 1.807) is 0 Å². The van der Waals surface area contributed by atoms with Crippen LogP contribution in [0.15, 0.2) is 0 Å². The first-order valence-corrected chi connectivity index (χ1v) is 10.7. The molecule has 1 unspecified atom stereocenters. The van der Waals surface area contributed by atoms with Gasteiger partial charge in [0, 0.05) is 30.8 Å². The predicted octanol–water partition coefficient (Wildman–Crippen LogP) is 2.80. The van der Waals surface area contributed by atoms with Crippen molar-refractivity contribution in [2.45, 2.75) is 71.0 Å². The van der Waals surface area contributed by atoms with Crippen LogP contribution in [-0.2, 0) is 9.53 Å². The van der Waals surface area contributed by atoms with E-state index < -0.39 is 6.10 Å². The van der Waals surface area contributed by atoms with Crippen LogP contribution in [0.1, 0.15) is 58.8 Å². The second-order valence-corrected chi connectivity index (χ2v) is 10.7. The molecule has 146 valence electrons. The first-order chi connectivity index (χ1) is 12.3. The Kier molecular flexibility index (Phi) is 3.61. The molecule has 5 saturated carbocycles. The Morgan fingerprint density at radius 3 is 2.69 bits per heavy atom. The number of rotatable bonds is 3. The van der Waals surface area contributed by atoms with Crippen molar-refractivity contribution in [1.29, 1.82) is 0 Å². The first-order valence-electron chi connectivity index (χ1n) is 10.7. The maximum Gasteiger partial charge on any atom is 0.137 e. The van der Waals surface area contributed by atoms with Crippen molar-refractivity contribution in [3.63, 3.8) is 0 Å². The molecular weight excluding hydrogens is 328 g/mol. The van der Waals surface area contributed by atoms with Gasteiger partial charge in [-0.2, -0.15) is 0 Å². The van der Waals surface area contributed by atoms with Crippen molar-refractivity contribution in [2.24, 2.45) is 45.8 Å². The number of Topliss-reactive ketones (excluding diaryl/α,β-unsaturated/α-hetero) is 1. The van der Waals surface area contributed by atoms with Crippen LogP contribution < -0.4 is 0 Å². The molecule has 0 radical (unpaired) electrons. The largest absolute Gasteiger partial charge is 0.394 e. The highest BCUT2D eigenvalue weighted by atomic mass is 16.5. The number of methoxy groups -OCH3 is 1. The van der Waals surface area contributed by atoms with Crippen molar-refractivity contribution in [1.82, 2.24) is 0 Å². The van der Waals surface area contributed by atoms with Crippen LogP contribution in [0, 0.1) is 45.8 Å². The molecule has 0 aromatic rings. The van der Waals surface area contributed by atoms with E-state index in [-0.39, 0.29) is 23.9 Å². The lowest BCUT2D eigenvalue weighted by Crippen LogP contribution is -2.58. The van der Waals surface area contributed by atoms with E-state index in [0.717, 1.165) is 18.8 Å². The van der Waals surface area contributed by atoms with Gasteiger partial charge in [-0.3, -0.25) is 4.79 Å². The van der Waals surface area contributed by atoms with Gasteiger partial charge in [0.1, 0.15) is 5.78 Å². The van der Waals surface area contributed by atoms with Gasteiger partial charge in [0.05, 0.1) is 18.8 Å². The van der Waals surface area contributed by atoms with E-state index in [1.807, 2.05) is 7.11 Å². The predicted molar refractivity (Wildman–Crippen MR) is 97.3 cm³/mol. The third-order valence-corrected chi connectivity index (χ3v) is 10.3. The van der Waals surface area contributed by atoms with E-state index >= 15 is 0 Å². The Bertz CT molecular complexity index is 634. The van der Waals surface area contributed by atoms with Crippen molar-refractivity contribution in [3.8, 4) is 0 Å². The fourth-order valence-electron chi connectivity index (χ4n) is 9.12. The van der Waals surface area contributed by atoms with Crippen molar-refractivity contribution in [2.75, 3.05) is 13.7 Å². The smallest absolute Gasteiger partial charge is 0.137 e. The van der Waals surface area contributed by atoms with E-state index in [2.05, 4.69) is 13.8 Å². The number of carbonyl (C=O) groups excluding carboxylic acids is 1. The number of hydrogen-bond donors (Lipinski definition) is 2. The van der Waals surface area contributed by atoms with E-state index in [4.69, 9.17) is 4.74 Å². The number of hydrogen-bond acceptors (Lipinski definition) is 4. The van der Waals surface area contributed by atoms with E-state index in [9.17, 15) is 15.0 Å². The fraction of sp³-hybridized carbons (Fsp3) is 0.955. The maximum absolute atomic E-state index is 13.1. The normalized spacial score (nSPS) is 58.6. The summed E-state index contributed by atoms with van der Waals surface area (Å²) in [7, 11) is 1.87. The van der Waals surface area contributed by atoms with Gasteiger partial charge in [-0.05, 0) is 67.1 Å². The Morgan fingerprint density at radius 2 is 2.04 bits per heavy atom. The minimum Gasteiger partial charge on any atom is -0.394 e. The SMILES string of the molecule is CO[C@@H]1C[C@H]2[C@@H]3C(=O)C[C@@H]([C@H](O)CO)[C@@]3(C)CC[C@@H]2[C@@]2(C)CCC3C[C@]312. The summed E-state index contributed by atoms with van der Waals surface area (Å²) in [5.41, 5.74) is 0.528. The zero-order valence-corrected chi connectivity index (χ0v) is 16.4. The van der Waals surface area contributed by atoms with Gasteiger partial charge in [0.2, 0.25) is 0 Å². The van der Waals surface area contributed by atoms with E-state index in [0.29, 0.717) is 41.0 Å². The lowest BCUT2D eigenvalue weighted by molar-refractivity contribution is -0.168. The van der Waals surface area contributed by atoms with Gasteiger partial charge in [0.15, 0.2) is 0 Å². The zero-order chi connectivity index (χ0) is 18.5. The second kappa shape index (κ2) is 5.33. The molecule has 4 nitrogen and oxygen atoms in total. The molecule has 10 atom stereocenters. The highest BCUT2D eigenvalue weighted by Crippen LogP contribution is 2.81. The summed E-state index contributed by atoms with van der Waals surface area (Å²) in [4.78, 5) is 13.1. The average Bonchev–Trinajstić information content (AvgIpc) is 3.19. The minimum atomic E-state index is -0.770. The quantitative estimate of drug-likeness (QED) is 0.810. The van der Waals surface area contributed by atoms with Crippen LogP contribution in [0.5, 0.6) is 0 Å². The molecule has 5 aliphatic rings. The molecular formula is C22H34O4. The van der Waals surface area contributed by atoms with Crippen molar-refractivity contribution >= 4 is 5.78 Å². The summed E-state index contributed by atoms with van der Waals surface area (Å²) in [6, 6.07) is 0. The summed E-state index contributed by atoms with van der Waals surface area (Å²) in [5, 5.41) is 19.9. The molecule has 5 aliphatic carbocycles. The highest BCUT2D eigenvalue weighted by Gasteiger charge is 2.78. The van der Waals surface area contributed by atoms with Gasteiger partial charge >= 0.3 is 0 Å². The van der Waals surface area contributed by atoms with Crippen molar-refractivity contribution < 1.29 is 19.7 Å². The van der Waals surface area contributed by atoms with Crippen LogP contribution in [-0.4, -0.2) is 41.9 Å². The monoisotopic (exact) mass is 362 g/mol. The van der Waals surface area contributed by atoms with Crippen LogP contribution in [0.25, 0.3) is 0 Å². The molecule has 0 aliphatic heterocycles. The summed E-state index contributed by atoms with van der Waals surface area (Å²) in [6.45, 7) is 4.48. The van der Waals surface area contributed by atoms with Crippen LogP contribution in [0.3, 0.4) is 0 Å². The number of carbonyl (C=O) groups is 1. The molecule has 0 aromatic heterocycles. The van der Waals surface area contributed by atoms with Gasteiger partial charge in [-0.15, -0.1) is 0 Å². The van der Waals surface area contributed by atoms with Gasteiger partial charge < -0.3 is 14.9 Å². The third kappa shape index (κ3) is 1.80. The lowest BCUT2D eigenvalue weighted by atomic mass is 9.45. The molecule has 0 aromatic carbocycles. The Balaban J connectivity index is 1.53. The number of ether oxygens (including phenoxy) is 1. The molecule has 0 bridgehead atoms. The minimum absolute atomic E-state index is 0.0390. The molecule has 4 heteroatoms. The third-order valence-electron chi connectivity index (χ3n) is 10.3. The summed E-state index contributed by atoms with van der Waals surface area (Å²) >= 11 is 0.